The van der Waals surface area contributed by atoms with Gasteiger partial charge in [-0.3, -0.25) is 0 Å². The topological polar surface area (TPSA) is 12.5 Å². The zero-order valence-corrected chi connectivity index (χ0v) is 11.4. The summed E-state index contributed by atoms with van der Waals surface area (Å²) >= 11 is 4.42. The lowest BCUT2D eigenvalue weighted by Gasteiger charge is -2.25. The molecule has 1 unspecified atom stereocenters. The molecule has 0 spiro atoms. The van der Waals surface area contributed by atoms with Crippen LogP contribution in [0.3, 0.4) is 0 Å². The normalized spacial score (nSPS) is 12.9. The van der Waals surface area contributed by atoms with E-state index in [1.54, 1.807) is 7.11 Å². The van der Waals surface area contributed by atoms with Crippen molar-refractivity contribution in [2.45, 2.75) is 19.4 Å². The third-order valence-corrected chi connectivity index (χ3v) is 3.20. The Morgan fingerprint density at radius 2 is 2.06 bits per heavy atom. The van der Waals surface area contributed by atoms with Gasteiger partial charge < -0.3 is 9.64 Å². The molecule has 0 bridgehead atoms. The molecule has 16 heavy (non-hydrogen) atoms. The Hall–Kier alpha value is -0.670. The van der Waals surface area contributed by atoms with Crippen LogP contribution in [0, 0.1) is 0 Å². The van der Waals surface area contributed by atoms with Crippen molar-refractivity contribution >= 4 is 12.6 Å². The van der Waals surface area contributed by atoms with Crippen LogP contribution in [0.4, 0.5) is 0 Å². The number of methoxy groups -OCH3 is 1. The van der Waals surface area contributed by atoms with E-state index in [0.717, 1.165) is 17.9 Å². The molecule has 0 amide bonds. The summed E-state index contributed by atoms with van der Waals surface area (Å²) in [6.45, 7) is 2.16. The van der Waals surface area contributed by atoms with E-state index in [-0.39, 0.29) is 0 Å². The van der Waals surface area contributed by atoms with Gasteiger partial charge in [0.15, 0.2) is 0 Å². The molecule has 0 heterocycles. The number of nitrogens with zero attached hydrogens (tertiary/aromatic N) is 1. The summed E-state index contributed by atoms with van der Waals surface area (Å²) in [4.78, 5) is 2.17. The molecule has 90 valence electrons. The molecule has 0 saturated heterocycles. The van der Waals surface area contributed by atoms with Gasteiger partial charge in [-0.15, -0.1) is 0 Å². The van der Waals surface area contributed by atoms with Crippen LogP contribution >= 0.6 is 12.6 Å². The minimum atomic E-state index is 0.296. The summed E-state index contributed by atoms with van der Waals surface area (Å²) < 4.78 is 5.42. The largest absolute Gasteiger partial charge is 0.496 e. The fourth-order valence-corrected chi connectivity index (χ4v) is 2.33. The Bertz CT molecular complexity index is 339. The minimum absolute atomic E-state index is 0.296. The highest BCUT2D eigenvalue weighted by Gasteiger charge is 2.17. The van der Waals surface area contributed by atoms with Crippen LogP contribution in [0.25, 0.3) is 0 Å². The Morgan fingerprint density at radius 1 is 1.38 bits per heavy atom. The average molecular weight is 239 g/mol. The molecule has 1 atom stereocenters. The second-order valence-corrected chi connectivity index (χ2v) is 4.46. The van der Waals surface area contributed by atoms with Gasteiger partial charge in [-0.05, 0) is 32.1 Å². The first kappa shape index (κ1) is 13.4. The Morgan fingerprint density at radius 3 is 2.50 bits per heavy atom. The van der Waals surface area contributed by atoms with Crippen molar-refractivity contribution in [3.05, 3.63) is 29.3 Å². The molecule has 0 radical (unpaired) electrons. The first-order valence-corrected chi connectivity index (χ1v) is 6.21. The molecule has 1 aromatic carbocycles. The zero-order valence-electron chi connectivity index (χ0n) is 10.5. The minimum Gasteiger partial charge on any atom is -0.496 e. The number of benzene rings is 1. The van der Waals surface area contributed by atoms with Crippen molar-refractivity contribution in [1.29, 1.82) is 0 Å². The molecule has 2 nitrogen and oxygen atoms in total. The van der Waals surface area contributed by atoms with Gasteiger partial charge in [0.25, 0.3) is 0 Å². The van der Waals surface area contributed by atoms with Gasteiger partial charge in [-0.25, -0.2) is 0 Å². The Kier molecular flexibility index (Phi) is 5.16. The summed E-state index contributed by atoms with van der Waals surface area (Å²) in [5.74, 6) is 1.74. The van der Waals surface area contributed by atoms with Gasteiger partial charge >= 0.3 is 0 Å². The zero-order chi connectivity index (χ0) is 12.1. The number of hydrogen-bond acceptors (Lipinski definition) is 3. The van der Waals surface area contributed by atoms with Crippen molar-refractivity contribution in [1.82, 2.24) is 4.90 Å². The lowest BCUT2D eigenvalue weighted by Crippen LogP contribution is -2.22. The predicted molar refractivity (Wildman–Crippen MR) is 72.7 cm³/mol. The van der Waals surface area contributed by atoms with Gasteiger partial charge in [0.1, 0.15) is 5.75 Å². The fraction of sp³-hybridized carbons (Fsp3) is 0.538. The van der Waals surface area contributed by atoms with Crippen molar-refractivity contribution in [2.75, 3.05) is 27.0 Å². The average Bonchev–Trinajstić information content (AvgIpc) is 2.29. The molecule has 0 saturated carbocycles. The van der Waals surface area contributed by atoms with Crippen molar-refractivity contribution < 1.29 is 4.74 Å². The standard InChI is InChI=1S/C13H21NOS/c1-5-10-6-7-13(15-4)11(8-10)12(9-16)14(2)3/h6-8,12,16H,5,9H2,1-4H3. The lowest BCUT2D eigenvalue weighted by molar-refractivity contribution is 0.313. The van der Waals surface area contributed by atoms with Crippen LogP contribution in [-0.2, 0) is 6.42 Å². The van der Waals surface area contributed by atoms with Crippen LogP contribution in [0.2, 0.25) is 0 Å². The van der Waals surface area contributed by atoms with E-state index in [1.807, 2.05) is 6.07 Å². The first-order chi connectivity index (χ1) is 7.63. The summed E-state index contributed by atoms with van der Waals surface area (Å²) in [5.41, 5.74) is 2.56. The van der Waals surface area contributed by atoms with Crippen LogP contribution in [0.1, 0.15) is 24.1 Å². The van der Waals surface area contributed by atoms with E-state index in [1.165, 1.54) is 11.1 Å². The monoisotopic (exact) mass is 239 g/mol. The van der Waals surface area contributed by atoms with Crippen LogP contribution in [-0.4, -0.2) is 31.9 Å². The molecule has 0 aromatic heterocycles. The van der Waals surface area contributed by atoms with Crippen LogP contribution in [0.5, 0.6) is 5.75 Å². The number of rotatable bonds is 5. The predicted octanol–water partition coefficient (Wildman–Crippen LogP) is 2.79. The van der Waals surface area contributed by atoms with E-state index in [9.17, 15) is 0 Å². The Labute approximate surface area is 104 Å². The second kappa shape index (κ2) is 6.16. The highest BCUT2D eigenvalue weighted by molar-refractivity contribution is 7.80. The van der Waals surface area contributed by atoms with Gasteiger partial charge in [-0.1, -0.05) is 19.1 Å². The number of ether oxygens (including phenoxy) is 1. The van der Waals surface area contributed by atoms with Gasteiger partial charge in [0.05, 0.1) is 7.11 Å². The van der Waals surface area contributed by atoms with E-state index in [4.69, 9.17) is 4.74 Å². The molecule has 1 rings (SSSR count). The molecule has 0 N–H and O–H groups in total. The van der Waals surface area contributed by atoms with E-state index < -0.39 is 0 Å². The lowest BCUT2D eigenvalue weighted by atomic mass is 10.0. The molecule has 0 aliphatic carbocycles. The maximum absolute atomic E-state index is 5.42. The fourth-order valence-electron chi connectivity index (χ4n) is 1.80. The quantitative estimate of drug-likeness (QED) is 0.793. The molecule has 0 fully saturated rings. The van der Waals surface area contributed by atoms with Crippen LogP contribution < -0.4 is 4.74 Å². The molecule has 3 heteroatoms. The SMILES string of the molecule is CCc1ccc(OC)c(C(CS)N(C)C)c1. The van der Waals surface area contributed by atoms with E-state index in [2.05, 4.69) is 50.7 Å². The Balaban J connectivity index is 3.15. The van der Waals surface area contributed by atoms with E-state index in [0.29, 0.717) is 6.04 Å². The maximum atomic E-state index is 5.42. The third kappa shape index (κ3) is 2.92. The molecular formula is C13H21NOS. The van der Waals surface area contributed by atoms with Crippen molar-refractivity contribution in [2.24, 2.45) is 0 Å². The maximum Gasteiger partial charge on any atom is 0.123 e. The van der Waals surface area contributed by atoms with E-state index >= 15 is 0 Å². The van der Waals surface area contributed by atoms with Crippen molar-refractivity contribution in [3.8, 4) is 5.75 Å². The third-order valence-electron chi connectivity index (χ3n) is 2.86. The van der Waals surface area contributed by atoms with Gasteiger partial charge in [0, 0.05) is 17.4 Å². The van der Waals surface area contributed by atoms with Crippen molar-refractivity contribution in [3.63, 3.8) is 0 Å². The summed E-state index contributed by atoms with van der Waals surface area (Å²) in [7, 11) is 5.85. The highest BCUT2D eigenvalue weighted by atomic mass is 32.1. The summed E-state index contributed by atoms with van der Waals surface area (Å²) in [6.07, 6.45) is 1.05. The number of hydrogen-bond donors (Lipinski definition) is 1. The molecule has 0 aliphatic heterocycles. The van der Waals surface area contributed by atoms with Gasteiger partial charge in [0.2, 0.25) is 0 Å². The number of thiol groups is 1. The van der Waals surface area contributed by atoms with Gasteiger partial charge in [-0.2, -0.15) is 12.6 Å². The molecular weight excluding hydrogens is 218 g/mol. The smallest absolute Gasteiger partial charge is 0.123 e. The summed E-state index contributed by atoms with van der Waals surface area (Å²) in [6, 6.07) is 6.69. The highest BCUT2D eigenvalue weighted by Crippen LogP contribution is 2.30. The molecule has 1 aromatic rings. The second-order valence-electron chi connectivity index (χ2n) is 4.09. The summed E-state index contributed by atoms with van der Waals surface area (Å²) in [5, 5.41) is 0. The molecule has 0 aliphatic rings. The van der Waals surface area contributed by atoms with Crippen LogP contribution in [0.15, 0.2) is 18.2 Å². The number of aryl methyl sites for hydroxylation is 1. The first-order valence-electron chi connectivity index (χ1n) is 5.58.